The van der Waals surface area contributed by atoms with E-state index >= 15 is 0 Å². The molecule has 3 aliphatic heterocycles. The van der Waals surface area contributed by atoms with Gasteiger partial charge in [-0.15, -0.1) is 0 Å². The van der Waals surface area contributed by atoms with Crippen LogP contribution in [0.1, 0.15) is 56.9 Å². The quantitative estimate of drug-likeness (QED) is 0.503. The van der Waals surface area contributed by atoms with E-state index in [1.165, 1.54) is 4.90 Å². The molecule has 1 aromatic rings. The van der Waals surface area contributed by atoms with Crippen LogP contribution in [0.15, 0.2) is 24.3 Å². The van der Waals surface area contributed by atoms with Crippen LogP contribution >= 0.6 is 0 Å². The van der Waals surface area contributed by atoms with Crippen molar-refractivity contribution >= 4 is 29.4 Å². The van der Waals surface area contributed by atoms with E-state index in [9.17, 15) is 24.3 Å². The highest BCUT2D eigenvalue weighted by Crippen LogP contribution is 2.50. The number of carboxylic acid groups (broad SMARTS) is 1. The molecule has 1 aliphatic carbocycles. The Bertz CT molecular complexity index is 954. The SMILES string of the molecule is O=C([O-])CC[C@H]1[NH2+][C@@]2(C(=O)Nc3ccccc32)[C@@H]2C(=O)N(C3CCCCCC3)C(=O)[C@@H]21. The summed E-state index contributed by atoms with van der Waals surface area (Å²) in [4.78, 5) is 53.3. The maximum absolute atomic E-state index is 13.8. The second-order valence-electron chi connectivity index (χ2n) is 9.31. The molecule has 3 heterocycles. The lowest BCUT2D eigenvalue weighted by molar-refractivity contribution is -0.734. The lowest BCUT2D eigenvalue weighted by Gasteiger charge is -2.30. The Hall–Kier alpha value is -2.74. The van der Waals surface area contributed by atoms with Gasteiger partial charge in [0, 0.05) is 24.0 Å². The van der Waals surface area contributed by atoms with E-state index in [0.29, 0.717) is 11.3 Å². The van der Waals surface area contributed by atoms with Crippen LogP contribution in [-0.4, -0.2) is 40.7 Å². The molecular formula is C23H27N3O5. The number of carboxylic acids is 1. The Labute approximate surface area is 180 Å². The molecule has 1 aromatic carbocycles. The maximum Gasteiger partial charge on any atom is 0.291 e. The second-order valence-corrected chi connectivity index (χ2v) is 9.31. The number of carbonyl (C=O) groups is 4. The summed E-state index contributed by atoms with van der Waals surface area (Å²) in [5.74, 6) is -3.54. The Morgan fingerprint density at radius 3 is 2.52 bits per heavy atom. The highest BCUT2D eigenvalue weighted by molar-refractivity contribution is 6.14. The van der Waals surface area contributed by atoms with Gasteiger partial charge in [0.1, 0.15) is 17.9 Å². The fourth-order valence-corrected chi connectivity index (χ4v) is 6.37. The summed E-state index contributed by atoms with van der Waals surface area (Å²) < 4.78 is 0. The number of hydrogen-bond donors (Lipinski definition) is 2. The largest absolute Gasteiger partial charge is 0.550 e. The van der Waals surface area contributed by atoms with Crippen LogP contribution in [0.2, 0.25) is 0 Å². The number of nitrogens with two attached hydrogens (primary N) is 1. The lowest BCUT2D eigenvalue weighted by atomic mass is 9.76. The first kappa shape index (κ1) is 20.2. The number of rotatable bonds is 4. The summed E-state index contributed by atoms with van der Waals surface area (Å²) in [6.07, 6.45) is 5.70. The van der Waals surface area contributed by atoms with Gasteiger partial charge in [-0.3, -0.25) is 19.3 Å². The van der Waals surface area contributed by atoms with E-state index in [2.05, 4.69) is 5.32 Å². The number of hydrogen-bond acceptors (Lipinski definition) is 5. The fraction of sp³-hybridized carbons (Fsp3) is 0.565. The van der Waals surface area contributed by atoms with Crippen molar-refractivity contribution in [3.8, 4) is 0 Å². The summed E-state index contributed by atoms with van der Waals surface area (Å²) in [5, 5.41) is 15.8. The Morgan fingerprint density at radius 2 is 1.81 bits per heavy atom. The monoisotopic (exact) mass is 425 g/mol. The van der Waals surface area contributed by atoms with Crippen LogP contribution in [0.3, 0.4) is 0 Å². The molecule has 0 bridgehead atoms. The van der Waals surface area contributed by atoms with Crippen molar-refractivity contribution in [2.75, 3.05) is 5.32 Å². The van der Waals surface area contributed by atoms with Crippen molar-refractivity contribution in [2.24, 2.45) is 11.8 Å². The number of quaternary nitrogens is 1. The Balaban J connectivity index is 1.58. The molecule has 5 rings (SSSR count). The van der Waals surface area contributed by atoms with Crippen LogP contribution in [0.4, 0.5) is 5.69 Å². The summed E-state index contributed by atoms with van der Waals surface area (Å²) in [6.45, 7) is 0. The number of nitrogens with one attached hydrogen (secondary N) is 1. The molecule has 8 nitrogen and oxygen atoms in total. The summed E-state index contributed by atoms with van der Waals surface area (Å²) >= 11 is 0. The van der Waals surface area contributed by atoms with E-state index < -0.39 is 29.4 Å². The zero-order valence-electron chi connectivity index (χ0n) is 17.3. The Morgan fingerprint density at radius 1 is 1.10 bits per heavy atom. The van der Waals surface area contributed by atoms with Gasteiger partial charge < -0.3 is 20.5 Å². The van der Waals surface area contributed by atoms with Gasteiger partial charge in [0.25, 0.3) is 5.91 Å². The van der Waals surface area contributed by atoms with Crippen molar-refractivity contribution < 1.29 is 29.6 Å². The first-order valence-corrected chi connectivity index (χ1v) is 11.3. The summed E-state index contributed by atoms with van der Waals surface area (Å²) in [6, 6.07) is 6.66. The van der Waals surface area contributed by atoms with Gasteiger partial charge in [-0.1, -0.05) is 43.9 Å². The maximum atomic E-state index is 13.8. The fourth-order valence-electron chi connectivity index (χ4n) is 6.37. The molecule has 3 amide bonds. The molecule has 4 aliphatic rings. The topological polar surface area (TPSA) is 123 Å². The van der Waals surface area contributed by atoms with Crippen molar-refractivity contribution in [1.82, 2.24) is 4.90 Å². The van der Waals surface area contributed by atoms with Crippen LogP contribution < -0.4 is 15.7 Å². The van der Waals surface area contributed by atoms with Crippen molar-refractivity contribution in [1.29, 1.82) is 0 Å². The highest BCUT2D eigenvalue weighted by Gasteiger charge is 2.74. The predicted octanol–water partition coefficient (Wildman–Crippen LogP) is -0.366. The number of likely N-dealkylation sites (tertiary alicyclic amines) is 1. The van der Waals surface area contributed by atoms with E-state index in [1.807, 2.05) is 18.2 Å². The predicted molar refractivity (Wildman–Crippen MR) is 107 cm³/mol. The van der Waals surface area contributed by atoms with Gasteiger partial charge in [-0.25, -0.2) is 0 Å². The van der Waals surface area contributed by atoms with Crippen molar-refractivity contribution in [2.45, 2.75) is 69.0 Å². The summed E-state index contributed by atoms with van der Waals surface area (Å²) in [5.41, 5.74) is 0.121. The summed E-state index contributed by atoms with van der Waals surface area (Å²) in [7, 11) is 0. The third-order valence-corrected chi connectivity index (χ3v) is 7.68. The first-order chi connectivity index (χ1) is 14.9. The number of nitrogens with zero attached hydrogens (tertiary/aromatic N) is 1. The third-order valence-electron chi connectivity index (χ3n) is 7.68. The lowest BCUT2D eigenvalue weighted by Crippen LogP contribution is -2.99. The van der Waals surface area contributed by atoms with Crippen molar-refractivity contribution in [3.05, 3.63) is 29.8 Å². The number of carbonyl (C=O) groups excluding carboxylic acids is 4. The number of imide groups is 1. The number of benzene rings is 1. The average Bonchev–Trinajstić information content (AvgIpc) is 3.21. The first-order valence-electron chi connectivity index (χ1n) is 11.3. The molecule has 2 saturated heterocycles. The van der Waals surface area contributed by atoms with Crippen LogP contribution in [0.25, 0.3) is 0 Å². The normalized spacial score (nSPS) is 32.8. The number of fused-ring (bicyclic) bond motifs is 4. The zero-order chi connectivity index (χ0) is 21.8. The number of amides is 3. The molecule has 8 heteroatoms. The van der Waals surface area contributed by atoms with Gasteiger partial charge in [0.15, 0.2) is 0 Å². The number of anilines is 1. The molecule has 3 N–H and O–H groups in total. The highest BCUT2D eigenvalue weighted by atomic mass is 16.4. The molecule has 1 saturated carbocycles. The minimum Gasteiger partial charge on any atom is -0.550 e. The van der Waals surface area contributed by atoms with Crippen LogP contribution in [0.5, 0.6) is 0 Å². The van der Waals surface area contributed by atoms with Crippen molar-refractivity contribution in [3.63, 3.8) is 0 Å². The molecule has 0 aromatic heterocycles. The van der Waals surface area contributed by atoms with Crippen LogP contribution in [-0.2, 0) is 24.7 Å². The van der Waals surface area contributed by atoms with Gasteiger partial charge >= 0.3 is 0 Å². The molecule has 1 spiro atoms. The standard InChI is InChI=1S/C23H27N3O5/c27-17(28)12-11-16-18-19(21(30)26(20(18)29)13-7-3-1-2-4-8-13)23(25-16)14-9-5-6-10-15(14)24-22(23)31/h5-6,9-10,13,16,18-19,25H,1-4,7-8,11-12H2,(H,24,31)(H,27,28)/t16-,18-,19+,23-/m1/s1. The third kappa shape index (κ3) is 2.91. The van der Waals surface area contributed by atoms with E-state index in [0.717, 1.165) is 38.5 Å². The number of aliphatic carboxylic acids is 1. The van der Waals surface area contributed by atoms with Gasteiger partial charge in [-0.05, 0) is 25.3 Å². The van der Waals surface area contributed by atoms with E-state index in [1.54, 1.807) is 11.4 Å². The molecular weight excluding hydrogens is 398 g/mol. The minimum atomic E-state index is -1.23. The van der Waals surface area contributed by atoms with E-state index in [4.69, 9.17) is 0 Å². The second kappa shape index (κ2) is 7.44. The Kier molecular flexibility index (Phi) is 4.84. The molecule has 4 atom stereocenters. The molecule has 3 fully saturated rings. The molecule has 164 valence electrons. The van der Waals surface area contributed by atoms with Gasteiger partial charge in [0.2, 0.25) is 17.4 Å². The smallest absolute Gasteiger partial charge is 0.291 e. The van der Waals surface area contributed by atoms with Gasteiger partial charge in [0.05, 0.1) is 5.69 Å². The van der Waals surface area contributed by atoms with E-state index in [-0.39, 0.29) is 36.6 Å². The van der Waals surface area contributed by atoms with Crippen LogP contribution in [0, 0.1) is 11.8 Å². The zero-order valence-corrected chi connectivity index (χ0v) is 17.3. The molecule has 31 heavy (non-hydrogen) atoms. The number of para-hydroxylation sites is 1. The minimum absolute atomic E-state index is 0.133. The average molecular weight is 425 g/mol. The molecule has 0 radical (unpaired) electrons. The van der Waals surface area contributed by atoms with Gasteiger partial charge in [-0.2, -0.15) is 0 Å². The molecule has 0 unspecified atom stereocenters.